The highest BCUT2D eigenvalue weighted by molar-refractivity contribution is 6.36. The van der Waals surface area contributed by atoms with Crippen LogP contribution in [0.1, 0.15) is 23.2 Å². The van der Waals surface area contributed by atoms with Crippen LogP contribution in [0.3, 0.4) is 0 Å². The SMILES string of the molecule is O=C(NCC1CCN(c2cnccn2)CC1)c1ccc(Cl)cc1Cl. The number of carbonyl (C=O) groups is 1. The first-order valence-corrected chi connectivity index (χ1v) is 8.63. The monoisotopic (exact) mass is 364 g/mol. The zero-order valence-corrected chi connectivity index (χ0v) is 14.6. The van der Waals surface area contributed by atoms with E-state index in [1.54, 1.807) is 36.8 Å². The lowest BCUT2D eigenvalue weighted by Crippen LogP contribution is -2.39. The number of hydrogen-bond acceptors (Lipinski definition) is 4. The van der Waals surface area contributed by atoms with Crippen molar-refractivity contribution in [2.45, 2.75) is 12.8 Å². The van der Waals surface area contributed by atoms with Crippen LogP contribution in [-0.2, 0) is 0 Å². The lowest BCUT2D eigenvalue weighted by atomic mass is 9.96. The van der Waals surface area contributed by atoms with Crippen molar-refractivity contribution >= 4 is 34.9 Å². The normalized spacial score (nSPS) is 15.3. The Labute approximate surface area is 151 Å². The van der Waals surface area contributed by atoms with Gasteiger partial charge >= 0.3 is 0 Å². The standard InChI is InChI=1S/C17H18Cl2N4O/c18-13-1-2-14(15(19)9-13)17(24)22-10-12-3-7-23(8-4-12)16-11-20-5-6-21-16/h1-2,5-6,9,11-12H,3-4,7-8,10H2,(H,22,24). The van der Waals surface area contributed by atoms with E-state index in [2.05, 4.69) is 20.2 Å². The number of benzene rings is 1. The van der Waals surface area contributed by atoms with Gasteiger partial charge in [-0.25, -0.2) is 4.98 Å². The van der Waals surface area contributed by atoms with Crippen molar-refractivity contribution in [2.75, 3.05) is 24.5 Å². The molecule has 1 aromatic heterocycles. The second kappa shape index (κ2) is 7.81. The number of nitrogens with one attached hydrogen (secondary N) is 1. The second-order valence-electron chi connectivity index (χ2n) is 5.83. The summed E-state index contributed by atoms with van der Waals surface area (Å²) in [5.41, 5.74) is 0.457. The minimum Gasteiger partial charge on any atom is -0.355 e. The average Bonchev–Trinajstić information content (AvgIpc) is 2.61. The van der Waals surface area contributed by atoms with Crippen molar-refractivity contribution in [1.82, 2.24) is 15.3 Å². The summed E-state index contributed by atoms with van der Waals surface area (Å²) >= 11 is 11.9. The van der Waals surface area contributed by atoms with Gasteiger partial charge in [-0.1, -0.05) is 23.2 Å². The van der Waals surface area contributed by atoms with Crippen LogP contribution in [0.4, 0.5) is 5.82 Å². The molecule has 126 valence electrons. The Morgan fingerprint density at radius 1 is 1.25 bits per heavy atom. The third-order valence-corrected chi connectivity index (χ3v) is 4.76. The van der Waals surface area contributed by atoms with Crippen LogP contribution in [0.2, 0.25) is 10.0 Å². The molecule has 0 unspecified atom stereocenters. The molecule has 0 saturated carbocycles. The van der Waals surface area contributed by atoms with E-state index in [-0.39, 0.29) is 5.91 Å². The van der Waals surface area contributed by atoms with E-state index in [1.165, 1.54) is 0 Å². The Kier molecular flexibility index (Phi) is 5.53. The molecule has 1 amide bonds. The molecule has 5 nitrogen and oxygen atoms in total. The summed E-state index contributed by atoms with van der Waals surface area (Å²) < 4.78 is 0. The molecule has 2 aromatic rings. The molecule has 7 heteroatoms. The molecule has 1 N–H and O–H groups in total. The molecule has 3 rings (SSSR count). The van der Waals surface area contributed by atoms with Gasteiger partial charge in [-0.15, -0.1) is 0 Å². The predicted molar refractivity (Wildman–Crippen MR) is 95.8 cm³/mol. The van der Waals surface area contributed by atoms with Crippen molar-refractivity contribution in [3.05, 3.63) is 52.4 Å². The van der Waals surface area contributed by atoms with Crippen LogP contribution in [0.25, 0.3) is 0 Å². The molecule has 0 spiro atoms. The minimum absolute atomic E-state index is 0.159. The largest absolute Gasteiger partial charge is 0.355 e. The molecule has 1 aliphatic heterocycles. The van der Waals surface area contributed by atoms with Crippen molar-refractivity contribution in [3.8, 4) is 0 Å². The molecule has 1 saturated heterocycles. The Hall–Kier alpha value is -1.85. The zero-order valence-electron chi connectivity index (χ0n) is 13.1. The molecule has 1 aromatic carbocycles. The van der Waals surface area contributed by atoms with Crippen LogP contribution >= 0.6 is 23.2 Å². The maximum atomic E-state index is 12.2. The van der Waals surface area contributed by atoms with Crippen molar-refractivity contribution in [2.24, 2.45) is 5.92 Å². The van der Waals surface area contributed by atoms with E-state index in [9.17, 15) is 4.79 Å². The first kappa shape index (κ1) is 17.0. The third-order valence-electron chi connectivity index (χ3n) is 4.22. The van der Waals surface area contributed by atoms with Crippen molar-refractivity contribution in [1.29, 1.82) is 0 Å². The second-order valence-corrected chi connectivity index (χ2v) is 6.67. The minimum atomic E-state index is -0.159. The van der Waals surface area contributed by atoms with Gasteiger partial charge in [0.15, 0.2) is 0 Å². The highest BCUT2D eigenvalue weighted by atomic mass is 35.5. The fourth-order valence-corrected chi connectivity index (χ4v) is 3.32. The van der Waals surface area contributed by atoms with E-state index in [4.69, 9.17) is 23.2 Å². The van der Waals surface area contributed by atoms with Crippen LogP contribution < -0.4 is 10.2 Å². The lowest BCUT2D eigenvalue weighted by Gasteiger charge is -2.32. The van der Waals surface area contributed by atoms with Gasteiger partial charge in [0.1, 0.15) is 5.82 Å². The number of halogens is 2. The third kappa shape index (κ3) is 4.16. The maximum absolute atomic E-state index is 12.2. The molecule has 1 aliphatic rings. The van der Waals surface area contributed by atoms with Crippen molar-refractivity contribution in [3.63, 3.8) is 0 Å². The van der Waals surface area contributed by atoms with Crippen molar-refractivity contribution < 1.29 is 4.79 Å². The number of aromatic nitrogens is 2. The molecule has 0 bridgehead atoms. The van der Waals surface area contributed by atoms with Gasteiger partial charge in [-0.2, -0.15) is 0 Å². The predicted octanol–water partition coefficient (Wildman–Crippen LogP) is 3.43. The summed E-state index contributed by atoms with van der Waals surface area (Å²) in [6, 6.07) is 4.90. The maximum Gasteiger partial charge on any atom is 0.252 e. The van der Waals surface area contributed by atoms with Gasteiger partial charge in [0.05, 0.1) is 16.8 Å². The first-order chi connectivity index (χ1) is 11.6. The highest BCUT2D eigenvalue weighted by Crippen LogP contribution is 2.22. The molecule has 2 heterocycles. The molecular weight excluding hydrogens is 347 g/mol. The summed E-state index contributed by atoms with van der Waals surface area (Å²) in [7, 11) is 0. The number of rotatable bonds is 4. The van der Waals surface area contributed by atoms with Crippen LogP contribution in [-0.4, -0.2) is 35.5 Å². The van der Waals surface area contributed by atoms with Gasteiger partial charge in [0.25, 0.3) is 5.91 Å². The van der Waals surface area contributed by atoms with Gasteiger partial charge in [0.2, 0.25) is 0 Å². The number of carbonyl (C=O) groups excluding carboxylic acids is 1. The average molecular weight is 365 g/mol. The zero-order chi connectivity index (χ0) is 16.9. The topological polar surface area (TPSA) is 58.1 Å². The molecular formula is C17H18Cl2N4O. The Morgan fingerprint density at radius 2 is 2.04 bits per heavy atom. The fourth-order valence-electron chi connectivity index (χ4n) is 2.83. The molecule has 0 radical (unpaired) electrons. The van der Waals surface area contributed by atoms with Gasteiger partial charge < -0.3 is 10.2 Å². The number of hydrogen-bond donors (Lipinski definition) is 1. The summed E-state index contributed by atoms with van der Waals surface area (Å²) in [5, 5.41) is 3.86. The summed E-state index contributed by atoms with van der Waals surface area (Å²) in [5.74, 6) is 1.20. The first-order valence-electron chi connectivity index (χ1n) is 7.87. The van der Waals surface area contributed by atoms with E-state index in [0.29, 0.717) is 28.1 Å². The van der Waals surface area contributed by atoms with Gasteiger partial charge in [-0.05, 0) is 37.0 Å². The molecule has 0 atom stereocenters. The van der Waals surface area contributed by atoms with Crippen LogP contribution in [0, 0.1) is 5.92 Å². The number of nitrogens with zero attached hydrogens (tertiary/aromatic N) is 3. The summed E-state index contributed by atoms with van der Waals surface area (Å²) in [6.07, 6.45) is 7.17. The van der Waals surface area contributed by atoms with E-state index < -0.39 is 0 Å². The molecule has 24 heavy (non-hydrogen) atoms. The van der Waals surface area contributed by atoms with Crippen LogP contribution in [0.15, 0.2) is 36.8 Å². The molecule has 1 fully saturated rings. The molecule has 0 aliphatic carbocycles. The lowest BCUT2D eigenvalue weighted by molar-refractivity contribution is 0.0945. The van der Waals surface area contributed by atoms with E-state index >= 15 is 0 Å². The number of anilines is 1. The smallest absolute Gasteiger partial charge is 0.252 e. The summed E-state index contributed by atoms with van der Waals surface area (Å²) in [4.78, 5) is 22.9. The Bertz CT molecular complexity index is 703. The van der Waals surface area contributed by atoms with Crippen LogP contribution in [0.5, 0.6) is 0 Å². The quantitative estimate of drug-likeness (QED) is 0.902. The highest BCUT2D eigenvalue weighted by Gasteiger charge is 2.21. The van der Waals surface area contributed by atoms with Gasteiger partial charge in [-0.3, -0.25) is 9.78 Å². The van der Waals surface area contributed by atoms with Gasteiger partial charge in [0, 0.05) is 37.1 Å². The number of piperidine rings is 1. The number of amides is 1. The Morgan fingerprint density at radius 3 is 2.71 bits per heavy atom. The van der Waals surface area contributed by atoms with E-state index in [1.807, 2.05) is 0 Å². The fraction of sp³-hybridized carbons (Fsp3) is 0.353. The van der Waals surface area contributed by atoms with E-state index in [0.717, 1.165) is 31.7 Å². The summed E-state index contributed by atoms with van der Waals surface area (Å²) in [6.45, 7) is 2.48. The Balaban J connectivity index is 1.49.